The molecule has 0 saturated heterocycles. The summed E-state index contributed by atoms with van der Waals surface area (Å²) >= 11 is 6.13. The van der Waals surface area contributed by atoms with Crippen LogP contribution in [-0.4, -0.2) is 24.3 Å². The molecule has 0 amide bonds. The van der Waals surface area contributed by atoms with Crippen molar-refractivity contribution in [2.75, 3.05) is 13.6 Å². The monoisotopic (exact) mass is 271 g/mol. The largest absolute Gasteiger partial charge is 0.378 e. The van der Waals surface area contributed by atoms with Gasteiger partial charge in [-0.25, -0.2) is 0 Å². The lowest BCUT2D eigenvalue weighted by atomic mass is 10.0. The number of carbonyl (C=O) groups is 1. The molecule has 1 unspecified atom stereocenters. The Balaban J connectivity index is 4.38. The Labute approximate surface area is 117 Å². The summed E-state index contributed by atoms with van der Waals surface area (Å²) in [7, 11) is 2.03. The van der Waals surface area contributed by atoms with E-state index in [1.807, 2.05) is 33.0 Å². The predicted octanol–water partition coefficient (Wildman–Crippen LogP) is 4.22. The SMILES string of the molecule is CC(=O)C(C)CCN(C)C(C)=CC(Cl)=CC(C)C. The first-order chi connectivity index (χ1) is 8.23. The van der Waals surface area contributed by atoms with Crippen LogP contribution in [0, 0.1) is 11.8 Å². The number of allylic oxidation sites excluding steroid dienone is 4. The molecular formula is C15H26ClNO. The van der Waals surface area contributed by atoms with E-state index in [2.05, 4.69) is 18.7 Å². The van der Waals surface area contributed by atoms with Gasteiger partial charge in [0, 0.05) is 30.2 Å². The van der Waals surface area contributed by atoms with Crippen LogP contribution >= 0.6 is 11.6 Å². The quantitative estimate of drug-likeness (QED) is 0.647. The van der Waals surface area contributed by atoms with E-state index in [9.17, 15) is 4.79 Å². The first kappa shape index (κ1) is 17.2. The van der Waals surface area contributed by atoms with Crippen LogP contribution in [0.15, 0.2) is 22.9 Å². The van der Waals surface area contributed by atoms with Crippen molar-refractivity contribution in [2.24, 2.45) is 11.8 Å². The van der Waals surface area contributed by atoms with Gasteiger partial charge in [0.1, 0.15) is 5.78 Å². The number of Topliss-reactive ketones (excluding diaryl/α,β-unsaturated/α-hetero) is 1. The fraction of sp³-hybridized carbons (Fsp3) is 0.667. The van der Waals surface area contributed by atoms with Crippen molar-refractivity contribution in [1.82, 2.24) is 4.90 Å². The second-order valence-corrected chi connectivity index (χ2v) is 5.74. The number of rotatable bonds is 7. The molecule has 2 nitrogen and oxygen atoms in total. The van der Waals surface area contributed by atoms with Gasteiger partial charge in [0.15, 0.2) is 0 Å². The van der Waals surface area contributed by atoms with Crippen molar-refractivity contribution < 1.29 is 4.79 Å². The maximum atomic E-state index is 11.2. The summed E-state index contributed by atoms with van der Waals surface area (Å²) in [6, 6.07) is 0. The van der Waals surface area contributed by atoms with Crippen LogP contribution in [0.5, 0.6) is 0 Å². The van der Waals surface area contributed by atoms with E-state index in [1.54, 1.807) is 6.92 Å². The van der Waals surface area contributed by atoms with Crippen LogP contribution in [0.4, 0.5) is 0 Å². The van der Waals surface area contributed by atoms with Crippen LogP contribution in [0.1, 0.15) is 41.0 Å². The molecule has 0 N–H and O–H groups in total. The van der Waals surface area contributed by atoms with Crippen molar-refractivity contribution in [3.05, 3.63) is 22.9 Å². The topological polar surface area (TPSA) is 20.3 Å². The molecule has 3 heteroatoms. The van der Waals surface area contributed by atoms with Gasteiger partial charge in [0.25, 0.3) is 0 Å². The summed E-state index contributed by atoms with van der Waals surface area (Å²) in [6.45, 7) is 10.7. The van der Waals surface area contributed by atoms with E-state index in [4.69, 9.17) is 11.6 Å². The standard InChI is InChI=1S/C15H26ClNO/c1-11(2)9-15(16)10-13(4)17(6)8-7-12(3)14(5)18/h9-12H,7-8H2,1-6H3. The fourth-order valence-corrected chi connectivity index (χ4v) is 1.85. The molecule has 0 heterocycles. The van der Waals surface area contributed by atoms with Gasteiger partial charge in [0.2, 0.25) is 0 Å². The number of halogens is 1. The molecule has 0 spiro atoms. The molecule has 0 aromatic carbocycles. The Kier molecular flexibility index (Phi) is 8.01. The van der Waals surface area contributed by atoms with E-state index in [0.29, 0.717) is 5.92 Å². The molecule has 0 rings (SSSR count). The Morgan fingerprint density at radius 3 is 2.28 bits per heavy atom. The highest BCUT2D eigenvalue weighted by Gasteiger charge is 2.09. The summed E-state index contributed by atoms with van der Waals surface area (Å²) < 4.78 is 0. The lowest BCUT2D eigenvalue weighted by Crippen LogP contribution is -2.21. The summed E-state index contributed by atoms with van der Waals surface area (Å²) in [5.74, 6) is 0.828. The van der Waals surface area contributed by atoms with E-state index in [-0.39, 0.29) is 11.7 Å². The maximum Gasteiger partial charge on any atom is 0.132 e. The zero-order valence-corrected chi connectivity index (χ0v) is 13.2. The molecule has 0 saturated carbocycles. The molecule has 104 valence electrons. The fourth-order valence-electron chi connectivity index (χ4n) is 1.44. The molecule has 1 atom stereocenters. The van der Waals surface area contributed by atoms with Gasteiger partial charge in [-0.1, -0.05) is 38.4 Å². The molecule has 0 bridgehead atoms. The van der Waals surface area contributed by atoms with Crippen molar-refractivity contribution >= 4 is 17.4 Å². The van der Waals surface area contributed by atoms with E-state index in [0.717, 1.165) is 23.7 Å². The number of hydrogen-bond donors (Lipinski definition) is 0. The summed E-state index contributed by atoms with van der Waals surface area (Å²) in [4.78, 5) is 13.3. The maximum absolute atomic E-state index is 11.2. The summed E-state index contributed by atoms with van der Waals surface area (Å²) in [5.41, 5.74) is 1.12. The lowest BCUT2D eigenvalue weighted by Gasteiger charge is -2.21. The van der Waals surface area contributed by atoms with Crippen LogP contribution < -0.4 is 0 Å². The van der Waals surface area contributed by atoms with Crippen molar-refractivity contribution in [1.29, 1.82) is 0 Å². The number of ketones is 1. The third-order valence-corrected chi connectivity index (χ3v) is 3.27. The van der Waals surface area contributed by atoms with Gasteiger partial charge in [-0.05, 0) is 32.3 Å². The van der Waals surface area contributed by atoms with Gasteiger partial charge < -0.3 is 4.90 Å². The second kappa shape index (κ2) is 8.36. The third kappa shape index (κ3) is 7.54. The van der Waals surface area contributed by atoms with Gasteiger partial charge in [-0.15, -0.1) is 0 Å². The number of carbonyl (C=O) groups excluding carboxylic acids is 1. The second-order valence-electron chi connectivity index (χ2n) is 5.30. The van der Waals surface area contributed by atoms with Gasteiger partial charge >= 0.3 is 0 Å². The Hall–Kier alpha value is -0.760. The number of hydrogen-bond acceptors (Lipinski definition) is 2. The Bertz CT molecular complexity index is 331. The molecular weight excluding hydrogens is 246 g/mol. The molecule has 18 heavy (non-hydrogen) atoms. The minimum atomic E-state index is 0.127. The smallest absolute Gasteiger partial charge is 0.132 e. The highest BCUT2D eigenvalue weighted by atomic mass is 35.5. The first-order valence-corrected chi connectivity index (χ1v) is 6.89. The zero-order valence-electron chi connectivity index (χ0n) is 12.5. The lowest BCUT2D eigenvalue weighted by molar-refractivity contribution is -0.120. The zero-order chi connectivity index (χ0) is 14.3. The van der Waals surface area contributed by atoms with E-state index >= 15 is 0 Å². The summed E-state index contributed by atoms with van der Waals surface area (Å²) in [5, 5.41) is 0.772. The highest BCUT2D eigenvalue weighted by Crippen LogP contribution is 2.14. The van der Waals surface area contributed by atoms with Crippen molar-refractivity contribution in [2.45, 2.75) is 41.0 Å². The third-order valence-electron chi connectivity index (χ3n) is 3.03. The van der Waals surface area contributed by atoms with Gasteiger partial charge in [0.05, 0.1) is 0 Å². The average molecular weight is 272 g/mol. The average Bonchev–Trinajstić information content (AvgIpc) is 2.23. The minimum Gasteiger partial charge on any atom is -0.378 e. The highest BCUT2D eigenvalue weighted by molar-refractivity contribution is 6.31. The van der Waals surface area contributed by atoms with Crippen LogP contribution in [0.25, 0.3) is 0 Å². The van der Waals surface area contributed by atoms with Crippen LogP contribution in [0.3, 0.4) is 0 Å². The van der Waals surface area contributed by atoms with E-state index < -0.39 is 0 Å². The van der Waals surface area contributed by atoms with Crippen molar-refractivity contribution in [3.8, 4) is 0 Å². The van der Waals surface area contributed by atoms with Gasteiger partial charge in [-0.3, -0.25) is 4.79 Å². The predicted molar refractivity (Wildman–Crippen MR) is 79.6 cm³/mol. The van der Waals surface area contributed by atoms with E-state index in [1.165, 1.54) is 0 Å². The minimum absolute atomic E-state index is 0.127. The molecule has 0 aliphatic carbocycles. The molecule has 0 aliphatic heterocycles. The first-order valence-electron chi connectivity index (χ1n) is 6.51. The molecule has 0 aromatic heterocycles. The van der Waals surface area contributed by atoms with Crippen molar-refractivity contribution in [3.63, 3.8) is 0 Å². The molecule has 0 fully saturated rings. The normalized spacial score (nSPS) is 14.9. The molecule has 0 radical (unpaired) electrons. The molecule has 0 aromatic rings. The van der Waals surface area contributed by atoms with Gasteiger partial charge in [-0.2, -0.15) is 0 Å². The van der Waals surface area contributed by atoms with Crippen LogP contribution in [0.2, 0.25) is 0 Å². The number of nitrogens with zero attached hydrogens (tertiary/aromatic N) is 1. The molecule has 0 aliphatic rings. The summed E-state index contributed by atoms with van der Waals surface area (Å²) in [6.07, 6.45) is 4.87. The Morgan fingerprint density at radius 1 is 1.28 bits per heavy atom. The Morgan fingerprint density at radius 2 is 1.83 bits per heavy atom. The van der Waals surface area contributed by atoms with Crippen LogP contribution in [-0.2, 0) is 4.79 Å².